The van der Waals surface area contributed by atoms with Crippen LogP contribution in [0, 0.1) is 0 Å². The van der Waals surface area contributed by atoms with Crippen LogP contribution in [0.1, 0.15) is 18.6 Å². The van der Waals surface area contributed by atoms with Crippen LogP contribution in [0.4, 0.5) is 0 Å². The molecule has 0 unspecified atom stereocenters. The van der Waals surface area contributed by atoms with E-state index >= 15 is 0 Å². The Hall–Kier alpha value is -1.06. The van der Waals surface area contributed by atoms with E-state index in [1.165, 1.54) is 0 Å². The molecular formula is C11H17NO2. The Kier molecular flexibility index (Phi) is 4.43. The molecule has 78 valence electrons. The Labute approximate surface area is 84.8 Å². The molecule has 1 atom stereocenters. The average molecular weight is 195 g/mol. The molecule has 0 amide bonds. The largest absolute Gasteiger partial charge is 0.494 e. The molecule has 1 rings (SSSR count). The first kappa shape index (κ1) is 11.0. The second kappa shape index (κ2) is 5.62. The molecule has 14 heavy (non-hydrogen) atoms. The number of hydrogen-bond acceptors (Lipinski definition) is 3. The number of ether oxygens (including phenoxy) is 2. The van der Waals surface area contributed by atoms with Crippen LogP contribution in [-0.4, -0.2) is 20.3 Å². The molecule has 1 aromatic carbocycles. The highest BCUT2D eigenvalue weighted by Crippen LogP contribution is 2.19. The topological polar surface area (TPSA) is 44.5 Å². The normalized spacial score (nSPS) is 12.5. The van der Waals surface area contributed by atoms with Gasteiger partial charge in [0.1, 0.15) is 5.75 Å². The molecule has 0 spiro atoms. The summed E-state index contributed by atoms with van der Waals surface area (Å²) in [6.07, 6.45) is -0.0225. The Balaban J connectivity index is 2.71. The standard InChI is InChI=1S/C11H17NO2/c1-3-14-10-6-4-9(5-7-10)11(8-12)13-2/h4-7,11H,3,8,12H2,1-2H3/t11-/m0/s1. The van der Waals surface area contributed by atoms with Gasteiger partial charge in [-0.3, -0.25) is 0 Å². The summed E-state index contributed by atoms with van der Waals surface area (Å²) in [5.74, 6) is 0.878. The summed E-state index contributed by atoms with van der Waals surface area (Å²) in [7, 11) is 1.66. The van der Waals surface area contributed by atoms with Crippen LogP contribution in [-0.2, 0) is 4.74 Å². The molecule has 3 nitrogen and oxygen atoms in total. The van der Waals surface area contributed by atoms with Crippen LogP contribution in [0.15, 0.2) is 24.3 Å². The molecule has 0 heterocycles. The number of benzene rings is 1. The lowest BCUT2D eigenvalue weighted by Crippen LogP contribution is -2.13. The fourth-order valence-corrected chi connectivity index (χ4v) is 1.31. The van der Waals surface area contributed by atoms with Crippen molar-refractivity contribution in [2.75, 3.05) is 20.3 Å². The summed E-state index contributed by atoms with van der Waals surface area (Å²) in [5.41, 5.74) is 6.64. The Morgan fingerprint density at radius 3 is 2.36 bits per heavy atom. The monoisotopic (exact) mass is 195 g/mol. The van der Waals surface area contributed by atoms with Crippen LogP contribution in [0.25, 0.3) is 0 Å². The molecule has 3 heteroatoms. The molecule has 0 fully saturated rings. The van der Waals surface area contributed by atoms with Crippen LogP contribution >= 0.6 is 0 Å². The van der Waals surface area contributed by atoms with Crippen molar-refractivity contribution in [3.05, 3.63) is 29.8 Å². The van der Waals surface area contributed by atoms with Crippen molar-refractivity contribution in [1.82, 2.24) is 0 Å². The van der Waals surface area contributed by atoms with Gasteiger partial charge in [-0.2, -0.15) is 0 Å². The zero-order chi connectivity index (χ0) is 10.4. The zero-order valence-electron chi connectivity index (χ0n) is 8.69. The molecule has 1 aromatic rings. The van der Waals surface area contributed by atoms with Gasteiger partial charge in [-0.1, -0.05) is 12.1 Å². The molecule has 0 saturated heterocycles. The highest BCUT2D eigenvalue weighted by Gasteiger charge is 2.07. The van der Waals surface area contributed by atoms with E-state index in [0.717, 1.165) is 11.3 Å². The van der Waals surface area contributed by atoms with Crippen molar-refractivity contribution >= 4 is 0 Å². The van der Waals surface area contributed by atoms with Gasteiger partial charge >= 0.3 is 0 Å². The van der Waals surface area contributed by atoms with Gasteiger partial charge in [0.25, 0.3) is 0 Å². The third-order valence-electron chi connectivity index (χ3n) is 2.06. The van der Waals surface area contributed by atoms with Gasteiger partial charge in [0.05, 0.1) is 12.7 Å². The fraction of sp³-hybridized carbons (Fsp3) is 0.455. The lowest BCUT2D eigenvalue weighted by Gasteiger charge is -2.13. The molecule has 0 aliphatic rings. The molecule has 0 aliphatic heterocycles. The maximum absolute atomic E-state index is 5.56. The zero-order valence-corrected chi connectivity index (χ0v) is 8.69. The number of methoxy groups -OCH3 is 1. The van der Waals surface area contributed by atoms with E-state index in [-0.39, 0.29) is 6.10 Å². The second-order valence-corrected chi connectivity index (χ2v) is 2.96. The lowest BCUT2D eigenvalue weighted by atomic mass is 10.1. The van der Waals surface area contributed by atoms with Gasteiger partial charge in [-0.25, -0.2) is 0 Å². The molecule has 0 saturated carbocycles. The Morgan fingerprint density at radius 1 is 1.29 bits per heavy atom. The quantitative estimate of drug-likeness (QED) is 0.778. The second-order valence-electron chi connectivity index (χ2n) is 2.96. The summed E-state index contributed by atoms with van der Waals surface area (Å²) in [4.78, 5) is 0. The van der Waals surface area contributed by atoms with Crippen molar-refractivity contribution in [3.8, 4) is 5.75 Å². The molecule has 0 bridgehead atoms. The minimum Gasteiger partial charge on any atom is -0.494 e. The number of rotatable bonds is 5. The van der Waals surface area contributed by atoms with E-state index in [2.05, 4.69) is 0 Å². The average Bonchev–Trinajstić information content (AvgIpc) is 2.23. The van der Waals surface area contributed by atoms with E-state index in [9.17, 15) is 0 Å². The number of hydrogen-bond donors (Lipinski definition) is 1. The highest BCUT2D eigenvalue weighted by molar-refractivity contribution is 5.28. The molecule has 0 aliphatic carbocycles. The number of nitrogens with two attached hydrogens (primary N) is 1. The highest BCUT2D eigenvalue weighted by atomic mass is 16.5. The van der Waals surface area contributed by atoms with Crippen molar-refractivity contribution in [3.63, 3.8) is 0 Å². The predicted octanol–water partition coefficient (Wildman–Crippen LogP) is 1.73. The van der Waals surface area contributed by atoms with E-state index in [1.807, 2.05) is 31.2 Å². The molecule has 0 radical (unpaired) electrons. The first-order valence-corrected chi connectivity index (χ1v) is 4.77. The Bertz CT molecular complexity index is 254. The van der Waals surface area contributed by atoms with Gasteiger partial charge in [0, 0.05) is 13.7 Å². The maximum atomic E-state index is 5.56. The van der Waals surface area contributed by atoms with Gasteiger partial charge in [-0.05, 0) is 24.6 Å². The van der Waals surface area contributed by atoms with E-state index < -0.39 is 0 Å². The van der Waals surface area contributed by atoms with Gasteiger partial charge in [0.15, 0.2) is 0 Å². The third kappa shape index (κ3) is 2.72. The van der Waals surface area contributed by atoms with Gasteiger partial charge < -0.3 is 15.2 Å². The molecule has 2 N–H and O–H groups in total. The van der Waals surface area contributed by atoms with Crippen LogP contribution < -0.4 is 10.5 Å². The third-order valence-corrected chi connectivity index (χ3v) is 2.06. The van der Waals surface area contributed by atoms with E-state index in [1.54, 1.807) is 7.11 Å². The smallest absolute Gasteiger partial charge is 0.119 e. The van der Waals surface area contributed by atoms with Crippen LogP contribution in [0.2, 0.25) is 0 Å². The Morgan fingerprint density at radius 2 is 1.93 bits per heavy atom. The summed E-state index contributed by atoms with van der Waals surface area (Å²) in [6.45, 7) is 3.14. The van der Waals surface area contributed by atoms with Gasteiger partial charge in [-0.15, -0.1) is 0 Å². The minimum atomic E-state index is -0.0225. The van der Waals surface area contributed by atoms with Crippen molar-refractivity contribution in [1.29, 1.82) is 0 Å². The molecule has 0 aromatic heterocycles. The van der Waals surface area contributed by atoms with Gasteiger partial charge in [0.2, 0.25) is 0 Å². The summed E-state index contributed by atoms with van der Waals surface area (Å²) in [6, 6.07) is 7.82. The first-order valence-electron chi connectivity index (χ1n) is 4.77. The van der Waals surface area contributed by atoms with E-state index in [0.29, 0.717) is 13.2 Å². The van der Waals surface area contributed by atoms with E-state index in [4.69, 9.17) is 15.2 Å². The van der Waals surface area contributed by atoms with Crippen molar-refractivity contribution in [2.45, 2.75) is 13.0 Å². The SMILES string of the molecule is CCOc1ccc([C@H](CN)OC)cc1. The summed E-state index contributed by atoms with van der Waals surface area (Å²) >= 11 is 0. The lowest BCUT2D eigenvalue weighted by molar-refractivity contribution is 0.110. The summed E-state index contributed by atoms with van der Waals surface area (Å²) in [5, 5.41) is 0. The van der Waals surface area contributed by atoms with Crippen LogP contribution in [0.3, 0.4) is 0 Å². The molecular weight excluding hydrogens is 178 g/mol. The maximum Gasteiger partial charge on any atom is 0.119 e. The first-order chi connectivity index (χ1) is 6.81. The predicted molar refractivity (Wildman–Crippen MR) is 56.4 cm³/mol. The summed E-state index contributed by atoms with van der Waals surface area (Å²) < 4.78 is 10.6. The fourth-order valence-electron chi connectivity index (χ4n) is 1.31. The van der Waals surface area contributed by atoms with Crippen molar-refractivity contribution < 1.29 is 9.47 Å². The van der Waals surface area contributed by atoms with Crippen LogP contribution in [0.5, 0.6) is 5.75 Å². The minimum absolute atomic E-state index is 0.0225. The van der Waals surface area contributed by atoms with Crippen molar-refractivity contribution in [2.24, 2.45) is 5.73 Å².